The lowest BCUT2D eigenvalue weighted by Crippen LogP contribution is -2.52. The highest BCUT2D eigenvalue weighted by Gasteiger charge is 2.39. The summed E-state index contributed by atoms with van der Waals surface area (Å²) >= 11 is 0. The van der Waals surface area contributed by atoms with E-state index in [1.54, 1.807) is 26.5 Å². The van der Waals surface area contributed by atoms with Crippen LogP contribution < -0.4 is 21.1 Å². The van der Waals surface area contributed by atoms with Crippen molar-refractivity contribution in [3.8, 4) is 5.82 Å². The maximum Gasteiger partial charge on any atom is 0.278 e. The van der Waals surface area contributed by atoms with Crippen LogP contribution in [0.1, 0.15) is 71.3 Å². The van der Waals surface area contributed by atoms with Crippen LogP contribution in [-0.4, -0.2) is 84.1 Å². The van der Waals surface area contributed by atoms with Crippen molar-refractivity contribution in [2.24, 2.45) is 0 Å². The minimum absolute atomic E-state index is 0.154. The fourth-order valence-electron chi connectivity index (χ4n) is 8.65. The fourth-order valence-corrected chi connectivity index (χ4v) is 8.65. The number of nitrogens with one attached hydrogen (secondary N) is 2. The summed E-state index contributed by atoms with van der Waals surface area (Å²) < 4.78 is 3.41. The number of imide groups is 1. The van der Waals surface area contributed by atoms with Gasteiger partial charge in [0.05, 0.1) is 6.54 Å². The van der Waals surface area contributed by atoms with Gasteiger partial charge in [-0.25, -0.2) is 19.3 Å². The first-order valence-corrected chi connectivity index (χ1v) is 19.5. The molecule has 4 aliphatic rings. The molecule has 1 aliphatic carbocycles. The number of aryl methyl sites for hydroxylation is 1. The van der Waals surface area contributed by atoms with Crippen LogP contribution in [0.3, 0.4) is 0 Å². The maximum absolute atomic E-state index is 13.5. The third kappa shape index (κ3) is 6.43. The molecule has 2 fully saturated rings. The van der Waals surface area contributed by atoms with Crippen LogP contribution in [-0.2, 0) is 35.6 Å². The number of hydrogen-bond donors (Lipinski definition) is 2. The van der Waals surface area contributed by atoms with E-state index >= 15 is 0 Å². The van der Waals surface area contributed by atoms with Crippen molar-refractivity contribution in [2.45, 2.75) is 70.6 Å². The van der Waals surface area contributed by atoms with Gasteiger partial charge in [-0.2, -0.15) is 4.98 Å². The minimum Gasteiger partial charge on any atom is -0.369 e. The third-order valence-electron chi connectivity index (χ3n) is 11.7. The summed E-state index contributed by atoms with van der Waals surface area (Å²) in [4.78, 5) is 71.5. The summed E-state index contributed by atoms with van der Waals surface area (Å²) in [6.07, 6.45) is 7.02. The number of aromatic nitrogens is 5. The van der Waals surface area contributed by atoms with Crippen molar-refractivity contribution in [3.05, 3.63) is 112 Å². The third-order valence-corrected chi connectivity index (χ3v) is 11.7. The molecular weight excluding hydrogens is 709 g/mol. The average molecular weight is 753 g/mol. The van der Waals surface area contributed by atoms with Gasteiger partial charge in [0.15, 0.2) is 11.5 Å². The highest BCUT2D eigenvalue weighted by molar-refractivity contribution is 6.05. The van der Waals surface area contributed by atoms with Crippen LogP contribution in [0.15, 0.2) is 78.2 Å². The van der Waals surface area contributed by atoms with Crippen molar-refractivity contribution in [2.75, 3.05) is 36.4 Å². The number of nitrogens with zero attached hydrogens (tertiary/aromatic N) is 8. The summed E-state index contributed by atoms with van der Waals surface area (Å²) in [5, 5.41) is 6.12. The standard InChI is InChI=1S/C42H44N10O4/c1-3-17-51-41(56)33-23-43-42(47-38(33)52(51)35-15-9-28-8-7-27(4-2)37(28)45-35)44-30-10-5-26(6-11-30)24-48-18-20-49(21-19-48)31-12-13-32-29(22-31)25-50(40(32)55)34-14-16-36(53)46-39(34)54/h3,5-6,9-13,15,22-23,27,34H,1,4,7-8,14,16-21,24-25H2,2H3,(H,43,44,47)(H,46,53,54). The molecule has 5 aromatic rings. The van der Waals surface area contributed by atoms with Gasteiger partial charge in [-0.05, 0) is 78.8 Å². The molecule has 2 N–H and O–H groups in total. The normalized spacial score (nSPS) is 19.7. The van der Waals surface area contributed by atoms with E-state index in [1.807, 2.05) is 30.3 Å². The second-order valence-corrected chi connectivity index (χ2v) is 15.1. The number of rotatable bonds is 10. The maximum atomic E-state index is 13.5. The molecule has 3 aliphatic heterocycles. The predicted octanol–water partition coefficient (Wildman–Crippen LogP) is 4.43. The van der Waals surface area contributed by atoms with Gasteiger partial charge in [-0.3, -0.25) is 29.4 Å². The SMILES string of the molecule is C=CCn1c(=O)c2cnc(Nc3ccc(CN4CCN(c5ccc6c(c5)CN(C5CCC(=O)NC5=O)C6=O)CC4)cc3)nc2n1-c1ccc2c(n1)C(CC)CC2. The zero-order valence-corrected chi connectivity index (χ0v) is 31.4. The smallest absolute Gasteiger partial charge is 0.278 e. The first kappa shape index (κ1) is 35.5. The summed E-state index contributed by atoms with van der Waals surface area (Å²) in [5.41, 5.74) is 7.33. The Hall–Kier alpha value is -6.15. The van der Waals surface area contributed by atoms with E-state index in [0.717, 1.165) is 74.6 Å². The highest BCUT2D eigenvalue weighted by atomic mass is 16.2. The van der Waals surface area contributed by atoms with E-state index in [2.05, 4.69) is 63.2 Å². The molecular formula is C42H44N10O4. The summed E-state index contributed by atoms with van der Waals surface area (Å²) in [5.74, 6) is 0.628. The summed E-state index contributed by atoms with van der Waals surface area (Å²) in [6.45, 7) is 11.0. The Morgan fingerprint density at radius 1 is 0.929 bits per heavy atom. The van der Waals surface area contributed by atoms with Crippen LogP contribution >= 0.6 is 0 Å². The number of hydrogen-bond acceptors (Lipinski definition) is 10. The molecule has 3 aromatic heterocycles. The summed E-state index contributed by atoms with van der Waals surface area (Å²) in [6, 6.07) is 17.7. The molecule has 9 rings (SSSR count). The Balaban J connectivity index is 0.843. The van der Waals surface area contributed by atoms with Gasteiger partial charge in [0, 0.05) is 80.4 Å². The first-order valence-electron chi connectivity index (χ1n) is 19.5. The van der Waals surface area contributed by atoms with Gasteiger partial charge in [-0.15, -0.1) is 6.58 Å². The Bertz CT molecular complexity index is 2450. The van der Waals surface area contributed by atoms with E-state index in [4.69, 9.17) is 9.97 Å². The monoisotopic (exact) mass is 752 g/mol. The number of allylic oxidation sites excluding steroid dienone is 1. The first-order chi connectivity index (χ1) is 27.3. The second-order valence-electron chi connectivity index (χ2n) is 15.1. The van der Waals surface area contributed by atoms with Gasteiger partial charge in [-0.1, -0.05) is 31.2 Å². The Morgan fingerprint density at radius 2 is 1.75 bits per heavy atom. The quantitative estimate of drug-likeness (QED) is 0.155. The lowest BCUT2D eigenvalue weighted by molar-refractivity contribution is -0.136. The molecule has 0 spiro atoms. The molecule has 0 saturated carbocycles. The zero-order valence-electron chi connectivity index (χ0n) is 31.4. The van der Waals surface area contributed by atoms with E-state index in [9.17, 15) is 19.2 Å². The molecule has 2 unspecified atom stereocenters. The van der Waals surface area contributed by atoms with Gasteiger partial charge in [0.25, 0.3) is 11.5 Å². The lowest BCUT2D eigenvalue weighted by Gasteiger charge is -2.36. The molecule has 0 radical (unpaired) electrons. The number of amides is 3. The Kier molecular flexibility index (Phi) is 9.20. The van der Waals surface area contributed by atoms with Crippen molar-refractivity contribution in [1.29, 1.82) is 0 Å². The van der Waals surface area contributed by atoms with E-state index in [-0.39, 0.29) is 23.8 Å². The van der Waals surface area contributed by atoms with Crippen molar-refractivity contribution < 1.29 is 14.4 Å². The molecule has 14 nitrogen and oxygen atoms in total. The zero-order chi connectivity index (χ0) is 38.5. The van der Waals surface area contributed by atoms with Gasteiger partial charge < -0.3 is 15.1 Å². The number of pyridine rings is 1. The molecule has 286 valence electrons. The Labute approximate surface area is 323 Å². The van der Waals surface area contributed by atoms with Gasteiger partial charge >= 0.3 is 0 Å². The van der Waals surface area contributed by atoms with Crippen LogP contribution in [0.25, 0.3) is 16.9 Å². The summed E-state index contributed by atoms with van der Waals surface area (Å²) in [7, 11) is 0. The number of fused-ring (bicyclic) bond motifs is 3. The number of carbonyl (C=O) groups excluding carboxylic acids is 3. The minimum atomic E-state index is -0.615. The van der Waals surface area contributed by atoms with Crippen molar-refractivity contribution >= 4 is 46.1 Å². The van der Waals surface area contributed by atoms with Crippen LogP contribution in [0.4, 0.5) is 17.3 Å². The number of piperidine rings is 1. The number of anilines is 3. The number of benzene rings is 2. The molecule has 2 atom stereocenters. The molecule has 6 heterocycles. The highest BCUT2D eigenvalue weighted by Crippen LogP contribution is 2.35. The molecule has 3 amide bonds. The molecule has 0 bridgehead atoms. The second kappa shape index (κ2) is 14.5. The van der Waals surface area contributed by atoms with Crippen molar-refractivity contribution in [1.82, 2.24) is 39.4 Å². The van der Waals surface area contributed by atoms with E-state index in [0.29, 0.717) is 53.8 Å². The van der Waals surface area contributed by atoms with Crippen LogP contribution in [0.2, 0.25) is 0 Å². The predicted molar refractivity (Wildman–Crippen MR) is 212 cm³/mol. The topological polar surface area (TPSA) is 151 Å². The molecule has 14 heteroatoms. The van der Waals surface area contributed by atoms with Gasteiger partial charge in [0.2, 0.25) is 17.8 Å². The van der Waals surface area contributed by atoms with Crippen LogP contribution in [0, 0.1) is 0 Å². The molecule has 2 saturated heterocycles. The van der Waals surface area contributed by atoms with Crippen LogP contribution in [0.5, 0.6) is 0 Å². The van der Waals surface area contributed by atoms with E-state index < -0.39 is 11.9 Å². The molecule has 56 heavy (non-hydrogen) atoms. The largest absolute Gasteiger partial charge is 0.369 e. The lowest BCUT2D eigenvalue weighted by atomic mass is 10.0. The number of piperazine rings is 1. The fraction of sp³-hybridized carbons (Fsp3) is 0.357. The average Bonchev–Trinajstić information content (AvgIpc) is 3.86. The molecule has 2 aromatic carbocycles. The number of carbonyl (C=O) groups is 3. The van der Waals surface area contributed by atoms with E-state index in [1.165, 1.54) is 11.1 Å². The van der Waals surface area contributed by atoms with Gasteiger partial charge in [0.1, 0.15) is 11.4 Å². The Morgan fingerprint density at radius 3 is 2.52 bits per heavy atom. The van der Waals surface area contributed by atoms with Crippen molar-refractivity contribution in [3.63, 3.8) is 0 Å².